The van der Waals surface area contributed by atoms with Gasteiger partial charge in [-0.1, -0.05) is 20.3 Å². The van der Waals surface area contributed by atoms with Gasteiger partial charge in [0.05, 0.1) is 6.04 Å². The minimum absolute atomic E-state index is 0.00292. The van der Waals surface area contributed by atoms with Crippen LogP contribution in [0.15, 0.2) is 0 Å². The molecule has 1 fully saturated rings. The van der Waals surface area contributed by atoms with Crippen molar-refractivity contribution in [2.24, 2.45) is 11.7 Å². The number of amides is 1. The van der Waals surface area contributed by atoms with Gasteiger partial charge in [-0.25, -0.2) is 0 Å². The Balaban J connectivity index is 2.49. The molecular weight excluding hydrogens is 192 g/mol. The summed E-state index contributed by atoms with van der Waals surface area (Å²) in [4.78, 5) is 24.6. The standard InChI is InChI=1S/C11H20N2O2/c1-3-8(2)10(12)11(15)13-6-4-9(14)5-7-13/h8,10H,3-7,12H2,1-2H3/t8?,10-/m0/s1. The predicted molar refractivity (Wildman–Crippen MR) is 58.3 cm³/mol. The molecule has 1 rings (SSSR count). The molecule has 0 saturated carbocycles. The molecule has 1 unspecified atom stereocenters. The summed E-state index contributed by atoms with van der Waals surface area (Å²) in [6, 6.07) is -0.414. The van der Waals surface area contributed by atoms with Crippen LogP contribution in [0.2, 0.25) is 0 Å². The fourth-order valence-corrected chi connectivity index (χ4v) is 1.68. The minimum Gasteiger partial charge on any atom is -0.340 e. The maximum absolute atomic E-state index is 11.9. The Morgan fingerprint density at radius 2 is 2.00 bits per heavy atom. The van der Waals surface area contributed by atoms with Crippen molar-refractivity contribution in [3.8, 4) is 0 Å². The second-order valence-electron chi connectivity index (χ2n) is 4.28. The smallest absolute Gasteiger partial charge is 0.239 e. The lowest BCUT2D eigenvalue weighted by atomic mass is 9.98. The maximum Gasteiger partial charge on any atom is 0.239 e. The van der Waals surface area contributed by atoms with Crippen molar-refractivity contribution in [2.75, 3.05) is 13.1 Å². The van der Waals surface area contributed by atoms with Crippen molar-refractivity contribution in [3.05, 3.63) is 0 Å². The molecule has 1 aliphatic heterocycles. The van der Waals surface area contributed by atoms with Crippen LogP contribution in [0, 0.1) is 5.92 Å². The fraction of sp³-hybridized carbons (Fsp3) is 0.818. The molecule has 0 aromatic heterocycles. The van der Waals surface area contributed by atoms with Gasteiger partial charge < -0.3 is 10.6 Å². The van der Waals surface area contributed by atoms with E-state index in [1.807, 2.05) is 13.8 Å². The van der Waals surface area contributed by atoms with Gasteiger partial charge in [0.15, 0.2) is 0 Å². The van der Waals surface area contributed by atoms with E-state index in [0.717, 1.165) is 6.42 Å². The third-order valence-electron chi connectivity index (χ3n) is 3.17. The third kappa shape index (κ3) is 3.02. The zero-order valence-electron chi connectivity index (χ0n) is 9.53. The second-order valence-corrected chi connectivity index (χ2v) is 4.28. The molecule has 4 heteroatoms. The number of carbonyl (C=O) groups is 2. The highest BCUT2D eigenvalue weighted by molar-refractivity contribution is 5.85. The molecular formula is C11H20N2O2. The molecule has 0 aromatic carbocycles. The summed E-state index contributed by atoms with van der Waals surface area (Å²) in [5.41, 5.74) is 5.86. The first kappa shape index (κ1) is 12.2. The maximum atomic E-state index is 11.9. The van der Waals surface area contributed by atoms with Crippen LogP contribution in [0.4, 0.5) is 0 Å². The van der Waals surface area contributed by atoms with Crippen molar-refractivity contribution in [3.63, 3.8) is 0 Å². The number of rotatable bonds is 3. The zero-order valence-corrected chi connectivity index (χ0v) is 9.53. The lowest BCUT2D eigenvalue weighted by molar-refractivity contribution is -0.136. The molecule has 1 aliphatic rings. The van der Waals surface area contributed by atoms with E-state index in [4.69, 9.17) is 5.73 Å². The molecule has 15 heavy (non-hydrogen) atoms. The molecule has 0 aliphatic carbocycles. The van der Waals surface area contributed by atoms with E-state index in [2.05, 4.69) is 0 Å². The van der Waals surface area contributed by atoms with Crippen LogP contribution in [-0.4, -0.2) is 35.7 Å². The zero-order chi connectivity index (χ0) is 11.4. The topological polar surface area (TPSA) is 63.4 Å². The Morgan fingerprint density at radius 3 is 2.47 bits per heavy atom. The number of Topliss-reactive ketones (excluding diaryl/α,β-unsaturated/α-hetero) is 1. The normalized spacial score (nSPS) is 21.3. The van der Waals surface area contributed by atoms with Gasteiger partial charge >= 0.3 is 0 Å². The summed E-state index contributed by atoms with van der Waals surface area (Å²) >= 11 is 0. The van der Waals surface area contributed by atoms with Gasteiger partial charge in [0, 0.05) is 25.9 Å². The monoisotopic (exact) mass is 212 g/mol. The van der Waals surface area contributed by atoms with E-state index in [1.165, 1.54) is 0 Å². The Labute approximate surface area is 90.8 Å². The van der Waals surface area contributed by atoms with Gasteiger partial charge in [0.25, 0.3) is 0 Å². The molecule has 0 radical (unpaired) electrons. The third-order valence-corrected chi connectivity index (χ3v) is 3.17. The molecule has 2 atom stereocenters. The molecule has 0 aromatic rings. The Kier molecular flexibility index (Phi) is 4.27. The summed E-state index contributed by atoms with van der Waals surface area (Å²) in [6.07, 6.45) is 1.87. The van der Waals surface area contributed by atoms with Crippen molar-refractivity contribution in [1.29, 1.82) is 0 Å². The molecule has 2 N–H and O–H groups in total. The largest absolute Gasteiger partial charge is 0.340 e. The van der Waals surface area contributed by atoms with E-state index in [1.54, 1.807) is 4.90 Å². The number of hydrogen-bond donors (Lipinski definition) is 1. The van der Waals surface area contributed by atoms with Crippen molar-refractivity contribution in [2.45, 2.75) is 39.2 Å². The summed E-state index contributed by atoms with van der Waals surface area (Å²) in [6.45, 7) is 5.10. The molecule has 4 nitrogen and oxygen atoms in total. The molecule has 86 valence electrons. The van der Waals surface area contributed by atoms with Crippen LogP contribution in [-0.2, 0) is 9.59 Å². The molecule has 1 heterocycles. The van der Waals surface area contributed by atoms with Gasteiger partial charge in [-0.3, -0.25) is 9.59 Å². The SMILES string of the molecule is CCC(C)[C@H](N)C(=O)N1CCC(=O)CC1. The molecule has 1 saturated heterocycles. The number of ketones is 1. The predicted octanol–water partition coefficient (Wildman–Crippen LogP) is 0.551. The fourth-order valence-electron chi connectivity index (χ4n) is 1.68. The Bertz CT molecular complexity index is 243. The van der Waals surface area contributed by atoms with E-state index < -0.39 is 6.04 Å². The van der Waals surface area contributed by atoms with Gasteiger partial charge in [0.1, 0.15) is 5.78 Å². The number of piperidine rings is 1. The Hall–Kier alpha value is -0.900. The number of hydrogen-bond acceptors (Lipinski definition) is 3. The van der Waals surface area contributed by atoms with E-state index >= 15 is 0 Å². The van der Waals surface area contributed by atoms with E-state index in [-0.39, 0.29) is 17.6 Å². The first-order chi connectivity index (χ1) is 7.06. The number of carbonyl (C=O) groups excluding carboxylic acids is 2. The number of nitrogens with zero attached hydrogens (tertiary/aromatic N) is 1. The second kappa shape index (κ2) is 5.26. The molecule has 0 spiro atoms. The van der Waals surface area contributed by atoms with Gasteiger partial charge in [0.2, 0.25) is 5.91 Å². The van der Waals surface area contributed by atoms with Crippen molar-refractivity contribution < 1.29 is 9.59 Å². The quantitative estimate of drug-likeness (QED) is 0.743. The van der Waals surface area contributed by atoms with Crippen LogP contribution in [0.3, 0.4) is 0 Å². The average Bonchev–Trinajstić information content (AvgIpc) is 2.27. The van der Waals surface area contributed by atoms with Gasteiger partial charge in [-0.15, -0.1) is 0 Å². The van der Waals surface area contributed by atoms with E-state index in [9.17, 15) is 9.59 Å². The van der Waals surface area contributed by atoms with E-state index in [0.29, 0.717) is 25.9 Å². The molecule has 1 amide bonds. The van der Waals surface area contributed by atoms with Crippen LogP contribution >= 0.6 is 0 Å². The number of nitrogens with two attached hydrogens (primary N) is 1. The lowest BCUT2D eigenvalue weighted by Crippen LogP contribution is -2.49. The highest BCUT2D eigenvalue weighted by Crippen LogP contribution is 2.12. The van der Waals surface area contributed by atoms with Crippen LogP contribution in [0.1, 0.15) is 33.1 Å². The van der Waals surface area contributed by atoms with Crippen LogP contribution < -0.4 is 5.73 Å². The number of likely N-dealkylation sites (tertiary alicyclic amines) is 1. The lowest BCUT2D eigenvalue weighted by Gasteiger charge is -2.30. The molecule has 0 bridgehead atoms. The summed E-state index contributed by atoms with van der Waals surface area (Å²) in [7, 11) is 0. The minimum atomic E-state index is -0.414. The van der Waals surface area contributed by atoms with Crippen LogP contribution in [0.25, 0.3) is 0 Å². The first-order valence-corrected chi connectivity index (χ1v) is 5.62. The Morgan fingerprint density at radius 1 is 1.47 bits per heavy atom. The van der Waals surface area contributed by atoms with Gasteiger partial charge in [-0.2, -0.15) is 0 Å². The summed E-state index contributed by atoms with van der Waals surface area (Å²) in [5, 5.41) is 0. The highest BCUT2D eigenvalue weighted by atomic mass is 16.2. The average molecular weight is 212 g/mol. The highest BCUT2D eigenvalue weighted by Gasteiger charge is 2.27. The van der Waals surface area contributed by atoms with Crippen molar-refractivity contribution in [1.82, 2.24) is 4.90 Å². The first-order valence-electron chi connectivity index (χ1n) is 5.62. The summed E-state index contributed by atoms with van der Waals surface area (Å²) < 4.78 is 0. The van der Waals surface area contributed by atoms with Crippen molar-refractivity contribution >= 4 is 11.7 Å². The van der Waals surface area contributed by atoms with Gasteiger partial charge in [-0.05, 0) is 5.92 Å². The summed E-state index contributed by atoms with van der Waals surface area (Å²) in [5.74, 6) is 0.447. The van der Waals surface area contributed by atoms with Crippen LogP contribution in [0.5, 0.6) is 0 Å².